The number of piperidine rings is 2. The van der Waals surface area contributed by atoms with Gasteiger partial charge in [0.05, 0.1) is 5.92 Å². The zero-order chi connectivity index (χ0) is 18.0. The number of carbonyl (C=O) groups is 2. The molecule has 1 atom stereocenters. The monoisotopic (exact) mass is 349 g/mol. The van der Waals surface area contributed by atoms with Crippen molar-refractivity contribution in [3.8, 4) is 0 Å². The summed E-state index contributed by atoms with van der Waals surface area (Å²) in [6.45, 7) is 11.7. The molecule has 142 valence electrons. The highest BCUT2D eigenvalue weighted by Crippen LogP contribution is 2.27. The molecule has 0 aromatic rings. The average molecular weight is 350 g/mol. The summed E-state index contributed by atoms with van der Waals surface area (Å²) in [5.41, 5.74) is -0.287. The molecule has 3 heterocycles. The normalized spacial score (nSPS) is 26.9. The molecule has 3 rings (SSSR count). The van der Waals surface area contributed by atoms with E-state index in [1.165, 1.54) is 12.8 Å². The Morgan fingerprint density at radius 2 is 1.44 bits per heavy atom. The fourth-order valence-electron chi connectivity index (χ4n) is 4.64. The lowest BCUT2D eigenvalue weighted by molar-refractivity contribution is -0.141. The van der Waals surface area contributed by atoms with Crippen LogP contribution in [-0.2, 0) is 9.59 Å². The molecule has 3 fully saturated rings. The first kappa shape index (κ1) is 18.7. The minimum atomic E-state index is -0.287. The second-order valence-corrected chi connectivity index (χ2v) is 9.14. The van der Waals surface area contributed by atoms with Crippen molar-refractivity contribution in [1.82, 2.24) is 14.7 Å². The van der Waals surface area contributed by atoms with Crippen LogP contribution in [-0.4, -0.2) is 71.8 Å². The fourth-order valence-corrected chi connectivity index (χ4v) is 4.64. The van der Waals surface area contributed by atoms with Crippen molar-refractivity contribution >= 4 is 11.8 Å². The lowest BCUT2D eigenvalue weighted by atomic mass is 9.91. The summed E-state index contributed by atoms with van der Waals surface area (Å²) < 4.78 is 0. The minimum absolute atomic E-state index is 0.195. The third kappa shape index (κ3) is 4.36. The third-order valence-corrected chi connectivity index (χ3v) is 6.13. The summed E-state index contributed by atoms with van der Waals surface area (Å²) in [5, 5.41) is 0. The Balaban J connectivity index is 1.51. The van der Waals surface area contributed by atoms with Crippen LogP contribution in [0.25, 0.3) is 0 Å². The Labute approximate surface area is 152 Å². The summed E-state index contributed by atoms with van der Waals surface area (Å²) in [6, 6.07) is 0.540. The molecule has 3 saturated heterocycles. The first-order valence-corrected chi connectivity index (χ1v) is 10.2. The van der Waals surface area contributed by atoms with Gasteiger partial charge in [0.2, 0.25) is 11.8 Å². The van der Waals surface area contributed by atoms with Crippen molar-refractivity contribution in [3.63, 3.8) is 0 Å². The summed E-state index contributed by atoms with van der Waals surface area (Å²) in [5.74, 6) is 0.857. The van der Waals surface area contributed by atoms with Crippen LogP contribution in [0.5, 0.6) is 0 Å². The van der Waals surface area contributed by atoms with Crippen molar-refractivity contribution in [1.29, 1.82) is 0 Å². The van der Waals surface area contributed by atoms with Crippen LogP contribution in [0.15, 0.2) is 0 Å². The van der Waals surface area contributed by atoms with Gasteiger partial charge >= 0.3 is 0 Å². The van der Waals surface area contributed by atoms with Crippen LogP contribution >= 0.6 is 0 Å². The third-order valence-electron chi connectivity index (χ3n) is 6.13. The molecule has 5 nitrogen and oxygen atoms in total. The number of likely N-dealkylation sites (tertiary alicyclic amines) is 3. The molecule has 0 N–H and O–H groups in total. The Morgan fingerprint density at radius 3 is 2.04 bits per heavy atom. The number of rotatable bonds is 2. The van der Waals surface area contributed by atoms with Crippen LogP contribution in [0, 0.1) is 11.3 Å². The van der Waals surface area contributed by atoms with Gasteiger partial charge < -0.3 is 9.80 Å². The number of hydrogen-bond acceptors (Lipinski definition) is 3. The molecule has 3 aliphatic heterocycles. The van der Waals surface area contributed by atoms with Gasteiger partial charge in [-0.25, -0.2) is 0 Å². The summed E-state index contributed by atoms with van der Waals surface area (Å²) in [4.78, 5) is 31.8. The van der Waals surface area contributed by atoms with E-state index in [-0.39, 0.29) is 17.2 Å². The molecule has 0 saturated carbocycles. The predicted molar refractivity (Wildman–Crippen MR) is 99.2 cm³/mol. The molecule has 5 heteroatoms. The SMILES string of the molecule is CC(C)(C)C(=O)N1CCC(N2CCC[C@@H](C(=O)N3CCCC3)C2)CC1. The largest absolute Gasteiger partial charge is 0.342 e. The van der Waals surface area contributed by atoms with Crippen molar-refractivity contribution < 1.29 is 9.59 Å². The highest BCUT2D eigenvalue weighted by molar-refractivity contribution is 5.81. The second kappa shape index (κ2) is 7.65. The van der Waals surface area contributed by atoms with Crippen molar-refractivity contribution in [2.45, 2.75) is 65.3 Å². The van der Waals surface area contributed by atoms with Crippen molar-refractivity contribution in [2.75, 3.05) is 39.3 Å². The lowest BCUT2D eigenvalue weighted by Crippen LogP contribution is -2.52. The smallest absolute Gasteiger partial charge is 0.227 e. The lowest BCUT2D eigenvalue weighted by Gasteiger charge is -2.43. The first-order valence-electron chi connectivity index (χ1n) is 10.2. The van der Waals surface area contributed by atoms with Gasteiger partial charge in [-0.15, -0.1) is 0 Å². The van der Waals surface area contributed by atoms with Crippen LogP contribution in [0.2, 0.25) is 0 Å². The molecule has 0 bridgehead atoms. The maximum absolute atomic E-state index is 12.7. The number of amides is 2. The predicted octanol–water partition coefficient (Wildman–Crippen LogP) is 2.36. The zero-order valence-electron chi connectivity index (χ0n) is 16.3. The van der Waals surface area contributed by atoms with E-state index in [1.54, 1.807) is 0 Å². The van der Waals surface area contributed by atoms with Crippen molar-refractivity contribution in [3.05, 3.63) is 0 Å². The molecule has 2 amide bonds. The highest BCUT2D eigenvalue weighted by Gasteiger charge is 2.36. The average Bonchev–Trinajstić information content (AvgIpc) is 3.14. The topological polar surface area (TPSA) is 43.9 Å². The van der Waals surface area contributed by atoms with Gasteiger partial charge in [0.15, 0.2) is 0 Å². The summed E-state index contributed by atoms with van der Waals surface area (Å²) >= 11 is 0. The Bertz CT molecular complexity index is 486. The van der Waals surface area contributed by atoms with Gasteiger partial charge in [0.1, 0.15) is 0 Å². The summed E-state index contributed by atoms with van der Waals surface area (Å²) in [6.07, 6.45) is 6.61. The standard InChI is InChI=1S/C20H35N3O2/c1-20(2,3)19(25)22-13-8-17(9-14-22)23-12-6-7-16(15-23)18(24)21-10-4-5-11-21/h16-17H,4-15H2,1-3H3/t16-/m1/s1. The molecule has 25 heavy (non-hydrogen) atoms. The maximum Gasteiger partial charge on any atom is 0.227 e. The van der Waals surface area contributed by atoms with E-state index < -0.39 is 0 Å². The van der Waals surface area contributed by atoms with Gasteiger partial charge in [0.25, 0.3) is 0 Å². The van der Waals surface area contributed by atoms with E-state index in [2.05, 4.69) is 9.80 Å². The van der Waals surface area contributed by atoms with E-state index >= 15 is 0 Å². The number of carbonyl (C=O) groups excluding carboxylic acids is 2. The van der Waals surface area contributed by atoms with Crippen LogP contribution < -0.4 is 0 Å². The van der Waals surface area contributed by atoms with Crippen molar-refractivity contribution in [2.24, 2.45) is 11.3 Å². The molecule has 0 spiro atoms. The van der Waals surface area contributed by atoms with E-state index in [1.807, 2.05) is 25.7 Å². The van der Waals surface area contributed by atoms with Gasteiger partial charge in [-0.2, -0.15) is 0 Å². The van der Waals surface area contributed by atoms with E-state index in [0.717, 1.165) is 65.0 Å². The van der Waals surface area contributed by atoms with E-state index in [0.29, 0.717) is 11.9 Å². The van der Waals surface area contributed by atoms with Crippen LogP contribution in [0.1, 0.15) is 59.3 Å². The molecule has 3 aliphatic rings. The Morgan fingerprint density at radius 1 is 0.800 bits per heavy atom. The molecule has 0 aromatic heterocycles. The maximum atomic E-state index is 12.7. The number of hydrogen-bond donors (Lipinski definition) is 0. The van der Waals surface area contributed by atoms with Crippen LogP contribution in [0.3, 0.4) is 0 Å². The first-order chi connectivity index (χ1) is 11.9. The highest BCUT2D eigenvalue weighted by atomic mass is 16.2. The Hall–Kier alpha value is -1.10. The molecule has 0 aliphatic carbocycles. The second-order valence-electron chi connectivity index (χ2n) is 9.14. The molecule has 0 unspecified atom stereocenters. The minimum Gasteiger partial charge on any atom is -0.342 e. The summed E-state index contributed by atoms with van der Waals surface area (Å²) in [7, 11) is 0. The zero-order valence-corrected chi connectivity index (χ0v) is 16.3. The molecular formula is C20H35N3O2. The molecule has 0 radical (unpaired) electrons. The quantitative estimate of drug-likeness (QED) is 0.769. The van der Waals surface area contributed by atoms with Gasteiger partial charge in [-0.05, 0) is 45.1 Å². The van der Waals surface area contributed by atoms with Crippen LogP contribution in [0.4, 0.5) is 0 Å². The van der Waals surface area contributed by atoms with Gasteiger partial charge in [0, 0.05) is 44.2 Å². The molecular weight excluding hydrogens is 314 g/mol. The molecule has 0 aromatic carbocycles. The number of nitrogens with zero attached hydrogens (tertiary/aromatic N) is 3. The van der Waals surface area contributed by atoms with Gasteiger partial charge in [-0.1, -0.05) is 20.8 Å². The van der Waals surface area contributed by atoms with Gasteiger partial charge in [-0.3, -0.25) is 14.5 Å². The fraction of sp³-hybridized carbons (Fsp3) is 0.900. The Kier molecular flexibility index (Phi) is 5.71. The van der Waals surface area contributed by atoms with E-state index in [9.17, 15) is 9.59 Å². The van der Waals surface area contributed by atoms with E-state index in [4.69, 9.17) is 0 Å².